The topological polar surface area (TPSA) is 121 Å². The highest BCUT2D eigenvalue weighted by Gasteiger charge is 2.23. The van der Waals surface area contributed by atoms with Gasteiger partial charge in [0, 0.05) is 12.3 Å². The minimum absolute atomic E-state index is 0.0530. The standard InChI is InChI=1S/C14H13NO7S2/c1-10-3-8-14(13(9-10)15(16)17)22-24(20,21)12-6-4-11(5-7-12)23(2,18)19/h3-9H,1-2H3. The fourth-order valence-electron chi connectivity index (χ4n) is 1.86. The van der Waals surface area contributed by atoms with Gasteiger partial charge in [0.25, 0.3) is 0 Å². The first-order valence-electron chi connectivity index (χ1n) is 6.50. The molecule has 10 heteroatoms. The molecule has 0 aliphatic rings. The Kier molecular flexibility index (Phi) is 4.63. The van der Waals surface area contributed by atoms with E-state index in [1.807, 2.05) is 0 Å². The van der Waals surface area contributed by atoms with Crippen molar-refractivity contribution in [2.24, 2.45) is 0 Å². The van der Waals surface area contributed by atoms with E-state index < -0.39 is 36.3 Å². The summed E-state index contributed by atoms with van der Waals surface area (Å²) in [6.45, 7) is 1.62. The van der Waals surface area contributed by atoms with Crippen molar-refractivity contribution < 1.29 is 25.9 Å². The van der Waals surface area contributed by atoms with Crippen LogP contribution in [0.1, 0.15) is 5.56 Å². The Morgan fingerprint density at radius 1 is 0.958 bits per heavy atom. The normalized spacial score (nSPS) is 11.9. The lowest BCUT2D eigenvalue weighted by Gasteiger charge is -2.08. The minimum Gasteiger partial charge on any atom is -0.372 e. The number of benzene rings is 2. The van der Waals surface area contributed by atoms with Crippen LogP contribution in [0.25, 0.3) is 0 Å². The molecule has 2 aromatic carbocycles. The van der Waals surface area contributed by atoms with E-state index in [4.69, 9.17) is 4.18 Å². The van der Waals surface area contributed by atoms with Crippen LogP contribution >= 0.6 is 0 Å². The van der Waals surface area contributed by atoms with Gasteiger partial charge in [-0.2, -0.15) is 8.42 Å². The largest absolute Gasteiger partial charge is 0.372 e. The molecule has 0 fully saturated rings. The number of sulfone groups is 1. The van der Waals surface area contributed by atoms with Gasteiger partial charge in [-0.15, -0.1) is 0 Å². The van der Waals surface area contributed by atoms with Gasteiger partial charge in [0.2, 0.25) is 5.75 Å². The zero-order chi connectivity index (χ0) is 18.1. The highest BCUT2D eigenvalue weighted by atomic mass is 32.2. The molecule has 0 heterocycles. The number of aryl methyl sites for hydroxylation is 1. The van der Waals surface area contributed by atoms with Crippen molar-refractivity contribution in [3.63, 3.8) is 0 Å². The van der Waals surface area contributed by atoms with Crippen molar-refractivity contribution in [3.8, 4) is 5.75 Å². The fraction of sp³-hybridized carbons (Fsp3) is 0.143. The van der Waals surface area contributed by atoms with Gasteiger partial charge >= 0.3 is 15.8 Å². The molecule has 128 valence electrons. The summed E-state index contributed by atoms with van der Waals surface area (Å²) in [5.74, 6) is -0.419. The highest BCUT2D eigenvalue weighted by Crippen LogP contribution is 2.30. The van der Waals surface area contributed by atoms with Gasteiger partial charge in [-0.25, -0.2) is 8.42 Å². The fourth-order valence-corrected chi connectivity index (χ4v) is 3.43. The van der Waals surface area contributed by atoms with E-state index >= 15 is 0 Å². The molecule has 8 nitrogen and oxygen atoms in total. The smallest absolute Gasteiger partial charge is 0.339 e. The lowest BCUT2D eigenvalue weighted by atomic mass is 10.2. The van der Waals surface area contributed by atoms with Crippen LogP contribution in [-0.2, 0) is 20.0 Å². The lowest BCUT2D eigenvalue weighted by molar-refractivity contribution is -0.385. The summed E-state index contributed by atoms with van der Waals surface area (Å²) in [4.78, 5) is 9.90. The van der Waals surface area contributed by atoms with Crippen LogP contribution in [-0.4, -0.2) is 28.0 Å². The first-order valence-corrected chi connectivity index (χ1v) is 9.80. The SMILES string of the molecule is Cc1ccc(OS(=O)(=O)c2ccc(S(C)(=O)=O)cc2)c([N+](=O)[O-])c1. The van der Waals surface area contributed by atoms with Crippen LogP contribution < -0.4 is 4.18 Å². The average Bonchev–Trinajstić information content (AvgIpc) is 2.48. The van der Waals surface area contributed by atoms with Crippen LogP contribution in [0.2, 0.25) is 0 Å². The monoisotopic (exact) mass is 371 g/mol. The molecular weight excluding hydrogens is 358 g/mol. The third-order valence-corrected chi connectivity index (χ3v) is 5.43. The quantitative estimate of drug-likeness (QED) is 0.448. The maximum absolute atomic E-state index is 12.2. The number of nitro groups is 1. The molecule has 0 unspecified atom stereocenters. The molecule has 0 aliphatic carbocycles. The third-order valence-electron chi connectivity index (χ3n) is 3.05. The van der Waals surface area contributed by atoms with Gasteiger partial charge in [-0.3, -0.25) is 10.1 Å². The Labute approximate surface area is 138 Å². The molecule has 0 saturated carbocycles. The second-order valence-electron chi connectivity index (χ2n) is 5.01. The lowest BCUT2D eigenvalue weighted by Crippen LogP contribution is -2.11. The Morgan fingerprint density at radius 2 is 1.50 bits per heavy atom. The molecule has 0 N–H and O–H groups in total. The third kappa shape index (κ3) is 3.89. The number of hydrogen-bond donors (Lipinski definition) is 0. The summed E-state index contributed by atoms with van der Waals surface area (Å²) < 4.78 is 52.1. The molecule has 0 aliphatic heterocycles. The zero-order valence-corrected chi connectivity index (χ0v) is 14.3. The van der Waals surface area contributed by atoms with Crippen molar-refractivity contribution in [2.45, 2.75) is 16.7 Å². The first kappa shape index (κ1) is 17.9. The summed E-state index contributed by atoms with van der Waals surface area (Å²) in [5, 5.41) is 11.0. The second-order valence-corrected chi connectivity index (χ2v) is 8.57. The predicted molar refractivity (Wildman–Crippen MR) is 85.2 cm³/mol. The average molecular weight is 371 g/mol. The minimum atomic E-state index is -4.34. The summed E-state index contributed by atoms with van der Waals surface area (Å²) in [5.41, 5.74) is 0.0929. The summed E-state index contributed by atoms with van der Waals surface area (Å²) >= 11 is 0. The van der Waals surface area contributed by atoms with Gasteiger partial charge < -0.3 is 4.18 Å². The van der Waals surface area contributed by atoms with E-state index in [1.165, 1.54) is 18.2 Å². The number of rotatable bonds is 5. The van der Waals surface area contributed by atoms with Gasteiger partial charge in [0.1, 0.15) is 4.90 Å². The molecule has 24 heavy (non-hydrogen) atoms. The molecule has 0 spiro atoms. The Balaban J connectivity index is 2.41. The summed E-state index contributed by atoms with van der Waals surface area (Å²) in [6.07, 6.45) is 0.989. The van der Waals surface area contributed by atoms with Crippen molar-refractivity contribution in [1.82, 2.24) is 0 Å². The van der Waals surface area contributed by atoms with E-state index in [9.17, 15) is 26.9 Å². The van der Waals surface area contributed by atoms with Gasteiger partial charge in [-0.1, -0.05) is 6.07 Å². The molecule has 0 radical (unpaired) electrons. The van der Waals surface area contributed by atoms with Gasteiger partial charge in [0.05, 0.1) is 9.82 Å². The van der Waals surface area contributed by atoms with Crippen molar-refractivity contribution >= 4 is 25.6 Å². The highest BCUT2D eigenvalue weighted by molar-refractivity contribution is 7.90. The van der Waals surface area contributed by atoms with Crippen molar-refractivity contribution in [1.29, 1.82) is 0 Å². The summed E-state index contributed by atoms with van der Waals surface area (Å²) in [6, 6.07) is 8.22. The maximum Gasteiger partial charge on any atom is 0.339 e. The Hall–Kier alpha value is -2.46. The number of hydrogen-bond acceptors (Lipinski definition) is 7. The van der Waals surface area contributed by atoms with E-state index in [0.717, 1.165) is 30.5 Å². The van der Waals surface area contributed by atoms with Crippen LogP contribution in [0.4, 0.5) is 5.69 Å². The molecule has 0 bridgehead atoms. The number of nitrogens with zero attached hydrogens (tertiary/aromatic N) is 1. The number of nitro benzene ring substituents is 1. The summed E-state index contributed by atoms with van der Waals surface area (Å²) in [7, 11) is -7.82. The van der Waals surface area contributed by atoms with Crippen LogP contribution in [0, 0.1) is 17.0 Å². The van der Waals surface area contributed by atoms with Crippen molar-refractivity contribution in [2.75, 3.05) is 6.26 Å². The zero-order valence-electron chi connectivity index (χ0n) is 12.7. The molecule has 0 saturated heterocycles. The first-order chi connectivity index (χ1) is 11.0. The van der Waals surface area contributed by atoms with Gasteiger partial charge in [0.15, 0.2) is 9.84 Å². The van der Waals surface area contributed by atoms with Crippen LogP contribution in [0.15, 0.2) is 52.3 Å². The van der Waals surface area contributed by atoms with Crippen LogP contribution in [0.5, 0.6) is 5.75 Å². The molecular formula is C14H13NO7S2. The molecule has 2 rings (SSSR count). The molecule has 0 amide bonds. The second kappa shape index (κ2) is 6.21. The molecule has 2 aromatic rings. The van der Waals surface area contributed by atoms with E-state index in [1.54, 1.807) is 6.92 Å². The van der Waals surface area contributed by atoms with Crippen LogP contribution in [0.3, 0.4) is 0 Å². The Bertz CT molecular complexity index is 994. The molecule has 0 atom stereocenters. The van der Waals surface area contributed by atoms with E-state index in [0.29, 0.717) is 5.56 Å². The maximum atomic E-state index is 12.2. The van der Waals surface area contributed by atoms with Crippen molar-refractivity contribution in [3.05, 3.63) is 58.1 Å². The Morgan fingerprint density at radius 3 is 2.00 bits per heavy atom. The van der Waals surface area contributed by atoms with E-state index in [-0.39, 0.29) is 9.79 Å². The van der Waals surface area contributed by atoms with E-state index in [2.05, 4.69) is 0 Å². The van der Waals surface area contributed by atoms with Gasteiger partial charge in [-0.05, 0) is 42.8 Å². The predicted octanol–water partition coefficient (Wildman–Crippen LogP) is 2.07. The molecule has 0 aromatic heterocycles.